The summed E-state index contributed by atoms with van der Waals surface area (Å²) >= 11 is 3.28. The summed E-state index contributed by atoms with van der Waals surface area (Å²) in [6.07, 6.45) is 1.72. The van der Waals surface area contributed by atoms with Gasteiger partial charge in [0.05, 0.1) is 31.5 Å². The van der Waals surface area contributed by atoms with Crippen LogP contribution in [0.15, 0.2) is 40.2 Å². The van der Waals surface area contributed by atoms with Crippen LogP contribution in [-0.2, 0) is 4.79 Å². The monoisotopic (exact) mass is 598 g/mol. The van der Waals surface area contributed by atoms with Gasteiger partial charge in [0.1, 0.15) is 0 Å². The van der Waals surface area contributed by atoms with E-state index in [1.165, 1.54) is 24.9 Å². The number of thioether (sulfide) groups is 1. The molecule has 13 heteroatoms. The lowest BCUT2D eigenvalue weighted by Crippen LogP contribution is -2.28. The van der Waals surface area contributed by atoms with Crippen LogP contribution in [0.1, 0.15) is 19.4 Å². The van der Waals surface area contributed by atoms with Gasteiger partial charge in [0.15, 0.2) is 16.7 Å². The summed E-state index contributed by atoms with van der Waals surface area (Å²) in [5, 5.41) is 23.1. The molecule has 1 aliphatic heterocycles. The van der Waals surface area contributed by atoms with Crippen molar-refractivity contribution in [2.45, 2.75) is 13.8 Å². The highest BCUT2D eigenvalue weighted by Gasteiger charge is 2.32. The van der Waals surface area contributed by atoms with Crippen LogP contribution in [0.5, 0.6) is 17.2 Å². The summed E-state index contributed by atoms with van der Waals surface area (Å²) in [6, 6.07) is 6.51. The number of aliphatic imine (C=N–C) groups is 1. The summed E-state index contributed by atoms with van der Waals surface area (Å²) < 4.78 is 11.8. The number of likely N-dealkylation sites (N-methyl/N-ethyl adjacent to an activating group) is 1. The molecular weight excluding hydrogens is 579 g/mol. The van der Waals surface area contributed by atoms with Crippen LogP contribution in [0.4, 0.5) is 11.4 Å². The first-order valence-electron chi connectivity index (χ1n) is 9.94. The van der Waals surface area contributed by atoms with Crippen molar-refractivity contribution in [1.82, 2.24) is 4.90 Å². The number of ether oxygens (including phenoxy) is 2. The van der Waals surface area contributed by atoms with Gasteiger partial charge in [-0.15, -0.1) is 0 Å². The lowest BCUT2D eigenvalue weighted by atomic mass is 10.1. The molecular formula is C21H19IN4O7S. The van der Waals surface area contributed by atoms with E-state index in [0.29, 0.717) is 32.3 Å². The molecule has 0 unspecified atom stereocenters. The molecule has 1 saturated heterocycles. The van der Waals surface area contributed by atoms with Gasteiger partial charge in [-0.1, -0.05) is 0 Å². The first-order chi connectivity index (χ1) is 16.2. The number of amides is 1. The number of non-ortho nitro benzene ring substituents is 1. The average Bonchev–Trinajstić information content (AvgIpc) is 3.09. The normalized spacial score (nSPS) is 15.8. The Balaban J connectivity index is 1.99. The summed E-state index contributed by atoms with van der Waals surface area (Å²) in [7, 11) is 1.42. The zero-order chi connectivity index (χ0) is 25.0. The van der Waals surface area contributed by atoms with Crippen LogP contribution in [0.2, 0.25) is 0 Å². The predicted octanol–water partition coefficient (Wildman–Crippen LogP) is 5.22. The topological polar surface area (TPSA) is 137 Å². The molecule has 2 aromatic rings. The summed E-state index contributed by atoms with van der Waals surface area (Å²) in [6.45, 7) is 4.84. The molecule has 1 amide bonds. The molecule has 0 spiro atoms. The second-order valence-corrected chi connectivity index (χ2v) is 8.89. The van der Waals surface area contributed by atoms with Gasteiger partial charge in [0.25, 0.3) is 11.6 Å². The minimum absolute atomic E-state index is 0.143. The molecule has 3 rings (SSSR count). The first kappa shape index (κ1) is 25.4. The second-order valence-electron chi connectivity index (χ2n) is 6.72. The first-order valence-corrected chi connectivity index (χ1v) is 11.8. The molecule has 0 aromatic heterocycles. The fourth-order valence-corrected chi connectivity index (χ4v) is 4.91. The molecule has 1 aliphatic rings. The molecule has 1 fully saturated rings. The fraction of sp³-hybridized carbons (Fsp3) is 0.238. The predicted molar refractivity (Wildman–Crippen MR) is 136 cm³/mol. The van der Waals surface area contributed by atoms with Gasteiger partial charge < -0.3 is 9.47 Å². The molecule has 0 bridgehead atoms. The summed E-state index contributed by atoms with van der Waals surface area (Å²) in [4.78, 5) is 40.2. The number of methoxy groups -OCH3 is 1. The van der Waals surface area contributed by atoms with Crippen molar-refractivity contribution < 1.29 is 24.1 Å². The number of nitro groups is 2. The zero-order valence-corrected chi connectivity index (χ0v) is 21.3. The molecule has 0 saturated carbocycles. The van der Waals surface area contributed by atoms with Crippen molar-refractivity contribution in [3.8, 4) is 17.2 Å². The number of hydrogen-bond donors (Lipinski definition) is 0. The number of nitro benzene ring substituents is 2. The highest BCUT2D eigenvalue weighted by molar-refractivity contribution is 14.1. The van der Waals surface area contributed by atoms with E-state index >= 15 is 0 Å². The SMILES string of the molecule is CCN=C1S/C(=C/c2cc(I)c(Oc3ccc([N+](=O)[O-])cc3[N+](=O)[O-])c(OC)c2)C(=O)N1CC. The van der Waals surface area contributed by atoms with Gasteiger partial charge in [-0.3, -0.25) is 34.9 Å². The lowest BCUT2D eigenvalue weighted by Gasteiger charge is -2.13. The Morgan fingerprint density at radius 1 is 1.15 bits per heavy atom. The largest absolute Gasteiger partial charge is 0.493 e. The van der Waals surface area contributed by atoms with E-state index in [2.05, 4.69) is 4.99 Å². The van der Waals surface area contributed by atoms with Gasteiger partial charge in [-0.05, 0) is 78.0 Å². The molecule has 11 nitrogen and oxygen atoms in total. The van der Waals surface area contributed by atoms with E-state index in [4.69, 9.17) is 9.47 Å². The maximum atomic E-state index is 12.7. The van der Waals surface area contributed by atoms with Gasteiger partial charge >= 0.3 is 5.69 Å². The molecule has 0 aliphatic carbocycles. The van der Waals surface area contributed by atoms with E-state index in [9.17, 15) is 25.0 Å². The number of nitrogens with zero attached hydrogens (tertiary/aromatic N) is 4. The molecule has 2 aromatic carbocycles. The van der Waals surface area contributed by atoms with Gasteiger partial charge in [-0.2, -0.15) is 0 Å². The Hall–Kier alpha value is -3.20. The maximum absolute atomic E-state index is 12.7. The highest BCUT2D eigenvalue weighted by atomic mass is 127. The number of rotatable bonds is 8. The van der Waals surface area contributed by atoms with Crippen LogP contribution < -0.4 is 9.47 Å². The Kier molecular flexibility index (Phi) is 8.09. The van der Waals surface area contributed by atoms with E-state index in [1.54, 1.807) is 23.1 Å². The molecule has 0 atom stereocenters. The minimum Gasteiger partial charge on any atom is -0.493 e. The number of halogens is 1. The van der Waals surface area contributed by atoms with Crippen molar-refractivity contribution >= 4 is 62.9 Å². The lowest BCUT2D eigenvalue weighted by molar-refractivity contribution is -0.394. The van der Waals surface area contributed by atoms with Crippen LogP contribution in [0, 0.1) is 23.8 Å². The van der Waals surface area contributed by atoms with E-state index < -0.39 is 21.2 Å². The third-order valence-corrected chi connectivity index (χ3v) is 6.46. The molecule has 34 heavy (non-hydrogen) atoms. The van der Waals surface area contributed by atoms with Crippen molar-refractivity contribution in [1.29, 1.82) is 0 Å². The molecule has 0 N–H and O–H groups in total. The Bertz CT molecular complexity index is 1230. The summed E-state index contributed by atoms with van der Waals surface area (Å²) in [5.41, 5.74) is -0.307. The van der Waals surface area contributed by atoms with E-state index in [0.717, 1.165) is 12.1 Å². The van der Waals surface area contributed by atoms with Crippen molar-refractivity contribution in [2.24, 2.45) is 4.99 Å². The van der Waals surface area contributed by atoms with Gasteiger partial charge in [0, 0.05) is 19.2 Å². The number of carbonyl (C=O) groups excluding carboxylic acids is 1. The Labute approximate surface area is 212 Å². The van der Waals surface area contributed by atoms with Gasteiger partial charge in [0.2, 0.25) is 5.75 Å². The van der Waals surface area contributed by atoms with Crippen molar-refractivity contribution in [3.05, 3.63) is 64.6 Å². The third kappa shape index (κ3) is 5.30. The van der Waals surface area contributed by atoms with Crippen molar-refractivity contribution in [3.63, 3.8) is 0 Å². The van der Waals surface area contributed by atoms with Crippen LogP contribution in [0.3, 0.4) is 0 Å². The van der Waals surface area contributed by atoms with Crippen LogP contribution in [0.25, 0.3) is 6.08 Å². The molecule has 1 heterocycles. The Morgan fingerprint density at radius 2 is 1.88 bits per heavy atom. The summed E-state index contributed by atoms with van der Waals surface area (Å²) in [5.74, 6) is 0.168. The number of carbonyl (C=O) groups is 1. The fourth-order valence-electron chi connectivity index (χ4n) is 3.07. The molecule has 0 radical (unpaired) electrons. The zero-order valence-electron chi connectivity index (χ0n) is 18.3. The maximum Gasteiger partial charge on any atom is 0.318 e. The quantitative estimate of drug-likeness (QED) is 0.175. The molecule has 178 valence electrons. The van der Waals surface area contributed by atoms with Crippen LogP contribution in [-0.4, -0.2) is 46.0 Å². The third-order valence-electron chi connectivity index (χ3n) is 4.61. The highest BCUT2D eigenvalue weighted by Crippen LogP contribution is 2.42. The number of hydrogen-bond acceptors (Lipinski definition) is 9. The van der Waals surface area contributed by atoms with E-state index in [-0.39, 0.29) is 23.2 Å². The Morgan fingerprint density at radius 3 is 2.47 bits per heavy atom. The van der Waals surface area contributed by atoms with E-state index in [1.807, 2.05) is 36.4 Å². The van der Waals surface area contributed by atoms with Crippen molar-refractivity contribution in [2.75, 3.05) is 20.2 Å². The number of amidine groups is 1. The average molecular weight is 598 g/mol. The second kappa shape index (κ2) is 10.8. The van der Waals surface area contributed by atoms with Crippen LogP contribution >= 0.6 is 34.4 Å². The standard InChI is InChI=1S/C21H19IN4O7S/c1-4-23-21-24(5-2)20(27)18(34-21)10-12-8-14(22)19(17(9-12)32-3)33-16-7-6-13(25(28)29)11-15(16)26(30)31/h6-11H,4-5H2,1-3H3/b18-10+,23-21?. The smallest absolute Gasteiger partial charge is 0.318 e. The van der Waals surface area contributed by atoms with Gasteiger partial charge in [-0.25, -0.2) is 0 Å². The minimum atomic E-state index is -0.752. The number of benzene rings is 2.